The number of rotatable bonds is 15. The molecule has 10 nitrogen and oxygen atoms in total. The largest absolute Gasteiger partial charge is 0.493 e. The number of carbonyl (C=O) groups is 2. The molecule has 1 saturated carbocycles. The number of morpholine rings is 1. The number of esters is 1. The highest BCUT2D eigenvalue weighted by Gasteiger charge is 2.41. The second-order valence-corrected chi connectivity index (χ2v) is 13.7. The Kier molecular flexibility index (Phi) is 14.0. The van der Waals surface area contributed by atoms with Crippen LogP contribution in [0.1, 0.15) is 81.9 Å². The van der Waals surface area contributed by atoms with Crippen molar-refractivity contribution in [3.63, 3.8) is 0 Å². The van der Waals surface area contributed by atoms with Gasteiger partial charge in [-0.1, -0.05) is 37.5 Å². The van der Waals surface area contributed by atoms with Crippen LogP contribution in [-0.2, 0) is 25.5 Å². The minimum atomic E-state index is -0.769. The van der Waals surface area contributed by atoms with E-state index < -0.39 is 30.1 Å². The van der Waals surface area contributed by atoms with Gasteiger partial charge in [0.1, 0.15) is 24.5 Å². The van der Waals surface area contributed by atoms with Gasteiger partial charge in [0.25, 0.3) is 0 Å². The van der Waals surface area contributed by atoms with E-state index in [2.05, 4.69) is 4.90 Å². The fourth-order valence-electron chi connectivity index (χ4n) is 7.70. The molecule has 1 N–H and O–H groups in total. The molecular formula is C39H56N2O8. The molecule has 0 aromatic heterocycles. The Morgan fingerprint density at radius 3 is 2.41 bits per heavy atom. The number of aliphatic hydroxyl groups is 1. The molecule has 2 aromatic rings. The molecule has 5 rings (SSSR count). The van der Waals surface area contributed by atoms with Crippen molar-refractivity contribution < 1.29 is 38.4 Å². The molecule has 2 aliphatic heterocycles. The van der Waals surface area contributed by atoms with E-state index >= 15 is 0 Å². The number of hydrogen-bond donors (Lipinski definition) is 1. The highest BCUT2D eigenvalue weighted by atomic mass is 16.5. The molecule has 10 heteroatoms. The van der Waals surface area contributed by atoms with E-state index in [0.29, 0.717) is 43.9 Å². The predicted molar refractivity (Wildman–Crippen MR) is 187 cm³/mol. The van der Waals surface area contributed by atoms with Crippen molar-refractivity contribution in [1.82, 2.24) is 9.80 Å². The molecular weight excluding hydrogens is 624 g/mol. The van der Waals surface area contributed by atoms with Crippen LogP contribution < -0.4 is 14.2 Å². The number of carbonyl (C=O) groups excluding carboxylic acids is 2. The van der Waals surface area contributed by atoms with Gasteiger partial charge in [0.05, 0.1) is 39.5 Å². The summed E-state index contributed by atoms with van der Waals surface area (Å²) < 4.78 is 29.0. The van der Waals surface area contributed by atoms with Crippen LogP contribution in [0.5, 0.6) is 17.2 Å². The molecule has 2 aromatic carbocycles. The Balaban J connectivity index is 1.33. The molecule has 1 aliphatic carbocycles. The van der Waals surface area contributed by atoms with Gasteiger partial charge in [-0.3, -0.25) is 9.69 Å². The summed E-state index contributed by atoms with van der Waals surface area (Å²) in [5.41, 5.74) is 1.87. The van der Waals surface area contributed by atoms with Gasteiger partial charge < -0.3 is 33.7 Å². The first-order valence-electron chi connectivity index (χ1n) is 18.3. The molecule has 0 spiro atoms. The van der Waals surface area contributed by atoms with Crippen molar-refractivity contribution in [2.24, 2.45) is 11.8 Å². The number of hydrogen-bond acceptors (Lipinski definition) is 9. The van der Waals surface area contributed by atoms with Crippen LogP contribution in [0.3, 0.4) is 0 Å². The number of ether oxygens (including phenoxy) is 5. The summed E-state index contributed by atoms with van der Waals surface area (Å²) in [6.45, 7) is 6.86. The maximum Gasteiger partial charge on any atom is 0.329 e. The van der Waals surface area contributed by atoms with Gasteiger partial charge in [-0.2, -0.15) is 0 Å². The molecule has 270 valence electrons. The minimum Gasteiger partial charge on any atom is -0.493 e. The second kappa shape index (κ2) is 18.6. The Labute approximate surface area is 292 Å². The van der Waals surface area contributed by atoms with Crippen molar-refractivity contribution in [2.45, 2.75) is 89.4 Å². The third-order valence-corrected chi connectivity index (χ3v) is 10.4. The number of benzene rings is 2. The predicted octanol–water partition coefficient (Wildman–Crippen LogP) is 5.59. The zero-order valence-electron chi connectivity index (χ0n) is 29.6. The molecule has 4 atom stereocenters. The Morgan fingerprint density at radius 1 is 0.918 bits per heavy atom. The maximum absolute atomic E-state index is 14.1. The Hall–Kier alpha value is -3.34. The van der Waals surface area contributed by atoms with Crippen LogP contribution in [0, 0.1) is 11.8 Å². The third kappa shape index (κ3) is 10.1. The highest BCUT2D eigenvalue weighted by Crippen LogP contribution is 2.36. The number of likely N-dealkylation sites (tertiary alicyclic amines) is 1. The quantitative estimate of drug-likeness (QED) is 0.241. The SMILES string of the molecule is COc1ccc(CCC(OC(=O)C2CCCCN2C(=O)[C@@H](C2CCCCC2)[C@@H](C)O)c2cccc(OCCN3CCOCC3)c2)cc1OC. The van der Waals surface area contributed by atoms with Gasteiger partial charge in [-0.05, 0) is 93.2 Å². The normalized spacial score (nSPS) is 21.0. The summed E-state index contributed by atoms with van der Waals surface area (Å²) in [5, 5.41) is 10.8. The number of nitrogens with zero attached hydrogens (tertiary/aromatic N) is 2. The molecule has 0 radical (unpaired) electrons. The van der Waals surface area contributed by atoms with Crippen molar-refractivity contribution in [2.75, 3.05) is 60.2 Å². The standard InChI is InChI=1S/C39H56N2O8/c1-28(42)37(30-10-5-4-6-11-30)38(43)41-19-8-7-14-33(41)39(44)49-34(17-15-29-16-18-35(45-2)36(26-29)46-3)31-12-9-13-32(27-31)48-25-22-40-20-23-47-24-21-40/h9,12-13,16,18,26-28,30,33-34,37,42H,4-8,10-11,14-15,17,19-25H2,1-3H3/t28-,33?,34?,37-/m1/s1. The summed E-state index contributed by atoms with van der Waals surface area (Å²) in [6, 6.07) is 12.9. The lowest BCUT2D eigenvalue weighted by molar-refractivity contribution is -0.165. The lowest BCUT2D eigenvalue weighted by Gasteiger charge is -2.40. The van der Waals surface area contributed by atoms with Gasteiger partial charge in [0, 0.05) is 26.2 Å². The van der Waals surface area contributed by atoms with Gasteiger partial charge >= 0.3 is 5.97 Å². The van der Waals surface area contributed by atoms with E-state index in [9.17, 15) is 14.7 Å². The fraction of sp³-hybridized carbons (Fsp3) is 0.641. The van der Waals surface area contributed by atoms with Gasteiger partial charge in [-0.15, -0.1) is 0 Å². The van der Waals surface area contributed by atoms with E-state index in [0.717, 1.165) is 88.2 Å². The number of aryl methyl sites for hydroxylation is 1. The van der Waals surface area contributed by atoms with Crippen LogP contribution in [0.4, 0.5) is 0 Å². The summed E-state index contributed by atoms with van der Waals surface area (Å²) >= 11 is 0. The van der Waals surface area contributed by atoms with Crippen LogP contribution in [0.25, 0.3) is 0 Å². The zero-order chi connectivity index (χ0) is 34.6. The Morgan fingerprint density at radius 2 is 1.67 bits per heavy atom. The fourth-order valence-corrected chi connectivity index (χ4v) is 7.70. The Bertz CT molecular complexity index is 1340. The number of methoxy groups -OCH3 is 2. The van der Waals surface area contributed by atoms with Crippen molar-refractivity contribution >= 4 is 11.9 Å². The molecule has 3 aliphatic rings. The van der Waals surface area contributed by atoms with E-state index in [-0.39, 0.29) is 11.8 Å². The lowest BCUT2D eigenvalue weighted by Crippen LogP contribution is -2.53. The van der Waals surface area contributed by atoms with Crippen LogP contribution in [-0.4, -0.2) is 99.1 Å². The lowest BCUT2D eigenvalue weighted by atomic mass is 9.76. The third-order valence-electron chi connectivity index (χ3n) is 10.4. The van der Waals surface area contributed by atoms with Gasteiger partial charge in [0.2, 0.25) is 5.91 Å². The van der Waals surface area contributed by atoms with Crippen molar-refractivity contribution in [3.8, 4) is 17.2 Å². The average Bonchev–Trinajstić information content (AvgIpc) is 3.14. The van der Waals surface area contributed by atoms with Gasteiger partial charge in [-0.25, -0.2) is 4.79 Å². The van der Waals surface area contributed by atoms with E-state index in [1.807, 2.05) is 42.5 Å². The second-order valence-electron chi connectivity index (χ2n) is 13.7. The topological polar surface area (TPSA) is 107 Å². The molecule has 2 saturated heterocycles. The van der Waals surface area contributed by atoms with Crippen LogP contribution in [0.2, 0.25) is 0 Å². The molecule has 0 bridgehead atoms. The van der Waals surface area contributed by atoms with Crippen LogP contribution in [0.15, 0.2) is 42.5 Å². The van der Waals surface area contributed by atoms with Crippen molar-refractivity contribution in [3.05, 3.63) is 53.6 Å². The number of piperidine rings is 1. The smallest absolute Gasteiger partial charge is 0.329 e. The highest BCUT2D eigenvalue weighted by molar-refractivity contribution is 5.86. The summed E-state index contributed by atoms with van der Waals surface area (Å²) in [6.07, 6.45) is 7.23. The molecule has 2 heterocycles. The number of aliphatic hydroxyl groups excluding tert-OH is 1. The monoisotopic (exact) mass is 680 g/mol. The van der Waals surface area contributed by atoms with Gasteiger partial charge in [0.15, 0.2) is 11.5 Å². The zero-order valence-corrected chi connectivity index (χ0v) is 29.6. The molecule has 2 unspecified atom stereocenters. The minimum absolute atomic E-state index is 0.110. The van der Waals surface area contributed by atoms with E-state index in [4.69, 9.17) is 23.7 Å². The first-order valence-corrected chi connectivity index (χ1v) is 18.3. The first kappa shape index (κ1) is 36.9. The molecule has 49 heavy (non-hydrogen) atoms. The van der Waals surface area contributed by atoms with Crippen molar-refractivity contribution in [1.29, 1.82) is 0 Å². The summed E-state index contributed by atoms with van der Waals surface area (Å²) in [4.78, 5) is 32.3. The summed E-state index contributed by atoms with van der Waals surface area (Å²) in [5.74, 6) is 1.16. The average molecular weight is 681 g/mol. The molecule has 3 fully saturated rings. The van der Waals surface area contributed by atoms with E-state index in [1.165, 1.54) is 6.42 Å². The maximum atomic E-state index is 14.1. The summed E-state index contributed by atoms with van der Waals surface area (Å²) in [7, 11) is 3.23. The first-order chi connectivity index (χ1) is 23.9. The number of amides is 1. The molecule has 1 amide bonds. The van der Waals surface area contributed by atoms with E-state index in [1.54, 1.807) is 26.0 Å². The van der Waals surface area contributed by atoms with Crippen LogP contribution >= 0.6 is 0 Å².